The zero-order valence-corrected chi connectivity index (χ0v) is 26.4. The number of nitrogens with one attached hydrogen (secondary N) is 1. The number of carboxylic acid groups (broad SMARTS) is 1. The molecule has 0 aromatic carbocycles. The number of carbonyl (C=O) groups is 2. The van der Waals surface area contributed by atoms with E-state index in [4.69, 9.17) is 42.9 Å². The number of hydrogen-bond acceptors (Lipinski definition) is 11. The smallest absolute Gasteiger partial charge is 0.357 e. The van der Waals surface area contributed by atoms with E-state index >= 15 is 0 Å². The predicted octanol–water partition coefficient (Wildman–Crippen LogP) is 6.34. The van der Waals surface area contributed by atoms with E-state index in [-0.39, 0.29) is 50.5 Å². The van der Waals surface area contributed by atoms with Gasteiger partial charge < -0.3 is 25.0 Å². The van der Waals surface area contributed by atoms with E-state index in [1.54, 1.807) is 31.3 Å². The molecule has 6 heterocycles. The van der Waals surface area contributed by atoms with Crippen molar-refractivity contribution < 1.29 is 41.1 Å². The molecule has 4 N–H and O–H groups in total. The average molecular weight is 725 g/mol. The van der Waals surface area contributed by atoms with Crippen molar-refractivity contribution in [1.29, 1.82) is 0 Å². The minimum atomic E-state index is -2.82. The molecule has 1 amide bonds. The standard InChI is InChI=1S/C14H10ClF2N5O2.C9H5ClN2O3.C5H7F2N3/c1-22-5-8(10(21-22)12(16)17)19-13(23)9-6-24-14(20-9)7-3-2-4-18-11(7)15;10-7-5(2-1-3-11-7)8-12-6(4-15-8)9(13)14;1-10-2-3(8)4(9-10)5(6)7/h2-6,12H,1H3,(H,19,23);1-4H,(H,13,14);2,5H,8H2,1H3. The fraction of sp³-hybridized carbons (Fsp3) is 0.143. The summed E-state index contributed by atoms with van der Waals surface area (Å²) < 4.78 is 62.2. The fourth-order valence-electron chi connectivity index (χ4n) is 3.73. The number of oxazole rings is 2. The summed E-state index contributed by atoms with van der Waals surface area (Å²) in [5.41, 5.74) is 4.88. The van der Waals surface area contributed by atoms with E-state index in [1.165, 1.54) is 41.2 Å². The van der Waals surface area contributed by atoms with Crippen molar-refractivity contribution in [3.05, 3.63) is 94.7 Å². The lowest BCUT2D eigenvalue weighted by atomic mass is 10.3. The topological polar surface area (TPSA) is 206 Å². The second-order valence-corrected chi connectivity index (χ2v) is 10.1. The van der Waals surface area contributed by atoms with Gasteiger partial charge in [0.1, 0.15) is 22.8 Å². The Morgan fingerprint density at radius 2 is 1.33 bits per heavy atom. The summed E-state index contributed by atoms with van der Waals surface area (Å²) in [6.45, 7) is 0. The van der Waals surface area contributed by atoms with E-state index in [0.29, 0.717) is 11.1 Å². The van der Waals surface area contributed by atoms with E-state index in [1.807, 2.05) is 0 Å². The number of anilines is 2. The highest BCUT2D eigenvalue weighted by molar-refractivity contribution is 6.32. The van der Waals surface area contributed by atoms with Crippen LogP contribution in [0.4, 0.5) is 28.9 Å². The Morgan fingerprint density at radius 3 is 1.76 bits per heavy atom. The van der Waals surface area contributed by atoms with Crippen LogP contribution in [0.1, 0.15) is 45.2 Å². The lowest BCUT2D eigenvalue weighted by molar-refractivity contribution is 0.0690. The molecular weight excluding hydrogens is 703 g/mol. The molecule has 49 heavy (non-hydrogen) atoms. The van der Waals surface area contributed by atoms with E-state index in [0.717, 1.165) is 12.5 Å². The Morgan fingerprint density at radius 1 is 0.837 bits per heavy atom. The summed E-state index contributed by atoms with van der Waals surface area (Å²) in [6, 6.07) is 6.56. The molecule has 0 aliphatic heterocycles. The van der Waals surface area contributed by atoms with Crippen LogP contribution in [0.25, 0.3) is 22.9 Å². The summed E-state index contributed by atoms with van der Waals surface area (Å²) in [6.07, 6.45) is 2.40. The molecule has 256 valence electrons. The maximum absolute atomic E-state index is 12.9. The molecule has 0 atom stereocenters. The number of nitrogen functional groups attached to an aromatic ring is 1. The van der Waals surface area contributed by atoms with Crippen LogP contribution >= 0.6 is 23.2 Å². The number of halogens is 6. The van der Waals surface area contributed by atoms with E-state index in [2.05, 4.69) is 35.5 Å². The van der Waals surface area contributed by atoms with Crippen molar-refractivity contribution in [2.75, 3.05) is 11.1 Å². The van der Waals surface area contributed by atoms with Crippen LogP contribution in [-0.2, 0) is 14.1 Å². The van der Waals surface area contributed by atoms with Gasteiger partial charge in [-0.2, -0.15) is 10.2 Å². The quantitative estimate of drug-likeness (QED) is 0.122. The number of alkyl halides is 4. The first-order valence-electron chi connectivity index (χ1n) is 13.3. The van der Waals surface area contributed by atoms with Gasteiger partial charge in [0.25, 0.3) is 18.8 Å². The van der Waals surface area contributed by atoms with Gasteiger partial charge in [0, 0.05) is 38.9 Å². The number of aromatic nitrogens is 8. The highest BCUT2D eigenvalue weighted by Crippen LogP contribution is 2.28. The van der Waals surface area contributed by atoms with Crippen LogP contribution in [0.15, 0.2) is 70.4 Å². The van der Waals surface area contributed by atoms with Crippen LogP contribution in [0, 0.1) is 0 Å². The summed E-state index contributed by atoms with van der Waals surface area (Å²) in [5, 5.41) is 18.4. The SMILES string of the molecule is Cn1cc(N)c(C(F)F)n1.Cn1cc(NC(=O)c2coc(-c3cccnc3Cl)n2)c(C(F)F)n1.O=C(O)c1coc(-c2cccnc2Cl)n1. The molecule has 0 radical (unpaired) electrons. The first-order chi connectivity index (χ1) is 23.2. The molecule has 6 aromatic heterocycles. The molecule has 0 unspecified atom stereocenters. The molecule has 0 saturated heterocycles. The first-order valence-corrected chi connectivity index (χ1v) is 14.1. The summed E-state index contributed by atoms with van der Waals surface area (Å²) in [7, 11) is 3.02. The number of rotatable bonds is 7. The van der Waals surface area contributed by atoms with Gasteiger partial charge in [-0.15, -0.1) is 0 Å². The third-order valence-corrected chi connectivity index (χ3v) is 6.45. The largest absolute Gasteiger partial charge is 0.476 e. The molecule has 15 nitrogen and oxygen atoms in total. The van der Waals surface area contributed by atoms with E-state index < -0.39 is 30.4 Å². The number of carboxylic acids is 1. The second-order valence-electron chi connectivity index (χ2n) is 9.37. The Bertz CT molecular complexity index is 2060. The molecular formula is C28H22Cl2F4N10O5. The van der Waals surface area contributed by atoms with Gasteiger partial charge in [-0.1, -0.05) is 23.2 Å². The van der Waals surface area contributed by atoms with Crippen molar-refractivity contribution in [1.82, 2.24) is 39.5 Å². The van der Waals surface area contributed by atoms with Crippen molar-refractivity contribution in [3.63, 3.8) is 0 Å². The van der Waals surface area contributed by atoms with Crippen LogP contribution in [0.2, 0.25) is 10.3 Å². The second kappa shape index (κ2) is 15.8. The molecule has 6 rings (SSSR count). The van der Waals surface area contributed by atoms with Gasteiger partial charge in [0.2, 0.25) is 11.8 Å². The number of aromatic carboxylic acids is 1. The van der Waals surface area contributed by atoms with Crippen LogP contribution < -0.4 is 11.1 Å². The molecule has 6 aromatic rings. The highest BCUT2D eigenvalue weighted by Gasteiger charge is 2.22. The Kier molecular flexibility index (Phi) is 11.7. The van der Waals surface area contributed by atoms with Crippen LogP contribution in [0.5, 0.6) is 0 Å². The normalized spacial score (nSPS) is 10.7. The monoisotopic (exact) mass is 724 g/mol. The summed E-state index contributed by atoms with van der Waals surface area (Å²) in [4.78, 5) is 38.2. The maximum Gasteiger partial charge on any atom is 0.357 e. The third kappa shape index (κ3) is 9.17. The molecule has 21 heteroatoms. The summed E-state index contributed by atoms with van der Waals surface area (Å²) >= 11 is 11.7. The number of nitrogens with zero attached hydrogens (tertiary/aromatic N) is 8. The van der Waals surface area contributed by atoms with E-state index in [9.17, 15) is 27.2 Å². The van der Waals surface area contributed by atoms with Gasteiger partial charge in [-0.05, 0) is 24.3 Å². The number of amides is 1. The number of aryl methyl sites for hydroxylation is 2. The van der Waals surface area contributed by atoms with Gasteiger partial charge in [0.15, 0.2) is 22.8 Å². The molecule has 0 aliphatic carbocycles. The molecule has 0 fully saturated rings. The number of pyridine rings is 2. The maximum atomic E-state index is 12.9. The minimum Gasteiger partial charge on any atom is -0.476 e. The summed E-state index contributed by atoms with van der Waals surface area (Å²) in [5.74, 6) is -1.62. The minimum absolute atomic E-state index is 0.0394. The van der Waals surface area contributed by atoms with Crippen molar-refractivity contribution >= 4 is 46.5 Å². The number of carbonyl (C=O) groups excluding carboxylic acids is 1. The van der Waals surface area contributed by atoms with Crippen LogP contribution in [0.3, 0.4) is 0 Å². The number of nitrogens with two attached hydrogens (primary N) is 1. The first kappa shape index (κ1) is 36.0. The average Bonchev–Trinajstić information content (AvgIpc) is 3.85. The lowest BCUT2D eigenvalue weighted by Crippen LogP contribution is -2.13. The van der Waals surface area contributed by atoms with Gasteiger partial charge >= 0.3 is 5.97 Å². The Labute approximate surface area is 282 Å². The zero-order valence-electron chi connectivity index (χ0n) is 24.9. The van der Waals surface area contributed by atoms with Gasteiger partial charge in [-0.25, -0.2) is 42.3 Å². The van der Waals surface area contributed by atoms with Gasteiger partial charge in [-0.3, -0.25) is 14.2 Å². The third-order valence-electron chi connectivity index (χ3n) is 5.85. The molecule has 0 aliphatic rings. The van der Waals surface area contributed by atoms with Crippen molar-refractivity contribution in [2.24, 2.45) is 14.1 Å². The van der Waals surface area contributed by atoms with Gasteiger partial charge in [0.05, 0.1) is 22.5 Å². The van der Waals surface area contributed by atoms with Crippen molar-refractivity contribution in [2.45, 2.75) is 12.9 Å². The zero-order chi connectivity index (χ0) is 35.8. The Hall–Kier alpha value is -5.82. The molecule has 0 spiro atoms. The molecule has 0 saturated carbocycles. The highest BCUT2D eigenvalue weighted by atomic mass is 35.5. The lowest BCUT2D eigenvalue weighted by Gasteiger charge is -2.02. The Balaban J connectivity index is 0.000000184. The van der Waals surface area contributed by atoms with Crippen molar-refractivity contribution in [3.8, 4) is 22.9 Å². The fourth-order valence-corrected chi connectivity index (χ4v) is 4.13. The number of hydrogen-bond donors (Lipinski definition) is 3. The molecule has 0 bridgehead atoms. The van der Waals surface area contributed by atoms with Crippen LogP contribution in [-0.4, -0.2) is 56.5 Å². The predicted molar refractivity (Wildman–Crippen MR) is 165 cm³/mol.